The molecule has 1 fully saturated rings. The number of halogens is 3. The Morgan fingerprint density at radius 3 is 2.76 bits per heavy atom. The highest BCUT2D eigenvalue weighted by atomic mass is 32.1. The first kappa shape index (κ1) is 23.2. The molecule has 2 aromatic heterocycles. The number of anilines is 1. The van der Waals surface area contributed by atoms with Crippen LogP contribution < -0.4 is 15.8 Å². The predicted molar refractivity (Wildman–Crippen MR) is 117 cm³/mol. The summed E-state index contributed by atoms with van der Waals surface area (Å²) in [6.45, 7) is 0.788. The monoisotopic (exact) mass is 481 g/mol. The van der Waals surface area contributed by atoms with E-state index in [-0.39, 0.29) is 41.8 Å². The van der Waals surface area contributed by atoms with E-state index in [9.17, 15) is 22.8 Å². The Morgan fingerprint density at radius 1 is 1.30 bits per heavy atom. The second kappa shape index (κ2) is 9.87. The lowest BCUT2D eigenvalue weighted by atomic mass is 10.2. The highest BCUT2D eigenvalue weighted by molar-refractivity contribution is 7.21. The minimum atomic E-state index is -2.93. The molecule has 8 nitrogen and oxygen atoms in total. The number of ether oxygens (including phenoxy) is 1. The average Bonchev–Trinajstić information content (AvgIpc) is 3.45. The Morgan fingerprint density at radius 2 is 2.06 bits per heavy atom. The van der Waals surface area contributed by atoms with Crippen LogP contribution in [0.1, 0.15) is 30.7 Å². The van der Waals surface area contributed by atoms with Crippen LogP contribution in [0, 0.1) is 5.82 Å². The number of carbonyl (C=O) groups excluding carboxylic acids is 1. The van der Waals surface area contributed by atoms with Gasteiger partial charge in [0, 0.05) is 20.2 Å². The van der Waals surface area contributed by atoms with Gasteiger partial charge in [-0.1, -0.05) is 23.5 Å². The van der Waals surface area contributed by atoms with Gasteiger partial charge in [0.1, 0.15) is 11.9 Å². The van der Waals surface area contributed by atoms with Gasteiger partial charge in [-0.15, -0.1) is 0 Å². The van der Waals surface area contributed by atoms with Gasteiger partial charge in [0.15, 0.2) is 21.3 Å². The second-order valence-corrected chi connectivity index (χ2v) is 8.52. The fourth-order valence-corrected chi connectivity index (χ4v) is 4.79. The smallest absolute Gasteiger partial charge is 0.295 e. The van der Waals surface area contributed by atoms with E-state index in [1.165, 1.54) is 19.2 Å². The average molecular weight is 482 g/mol. The Hall–Kier alpha value is -2.99. The minimum Gasteiger partial charge on any atom is -0.383 e. The second-order valence-electron chi connectivity index (χ2n) is 7.57. The lowest BCUT2D eigenvalue weighted by Crippen LogP contribution is -2.43. The van der Waals surface area contributed by atoms with Crippen molar-refractivity contribution in [1.29, 1.82) is 0 Å². The normalized spacial score (nSPS) is 16.2. The molecule has 3 heterocycles. The number of methoxy groups -OCH3 is 1. The number of nitrogens with zero attached hydrogens (tertiary/aromatic N) is 4. The van der Waals surface area contributed by atoms with Crippen molar-refractivity contribution in [3.8, 4) is 0 Å². The number of hydrogen-bond acceptors (Lipinski definition) is 7. The summed E-state index contributed by atoms with van der Waals surface area (Å²) in [6.07, 6.45) is -1.61. The maximum Gasteiger partial charge on any atom is 0.295 e. The van der Waals surface area contributed by atoms with Crippen LogP contribution in [0.15, 0.2) is 29.1 Å². The summed E-state index contributed by atoms with van der Waals surface area (Å²) < 4.78 is 45.9. The molecule has 0 radical (unpaired) electrons. The molecule has 0 unspecified atom stereocenters. The van der Waals surface area contributed by atoms with Gasteiger partial charge in [0.05, 0.1) is 13.2 Å². The number of amides is 1. The third-order valence-electron chi connectivity index (χ3n) is 5.43. The van der Waals surface area contributed by atoms with Crippen molar-refractivity contribution in [3.05, 3.63) is 51.8 Å². The SMILES string of the molecule is COCCn1c(C(F)F)nc2sc(N3CCC[C@@H]3C(=O)NCc3ccc(F)cc3)nc2c1=O. The first-order valence-corrected chi connectivity index (χ1v) is 11.2. The van der Waals surface area contributed by atoms with Gasteiger partial charge >= 0.3 is 0 Å². The van der Waals surface area contributed by atoms with Crippen molar-refractivity contribution >= 4 is 32.7 Å². The van der Waals surface area contributed by atoms with E-state index < -0.39 is 23.9 Å². The van der Waals surface area contributed by atoms with Crippen molar-refractivity contribution in [2.24, 2.45) is 0 Å². The van der Waals surface area contributed by atoms with Crippen molar-refractivity contribution < 1.29 is 22.7 Å². The molecule has 0 aliphatic carbocycles. The van der Waals surface area contributed by atoms with Gasteiger partial charge in [-0.05, 0) is 30.5 Å². The molecular weight excluding hydrogens is 459 g/mol. The zero-order valence-electron chi connectivity index (χ0n) is 17.8. The Kier molecular flexibility index (Phi) is 6.94. The molecule has 0 spiro atoms. The quantitative estimate of drug-likeness (QED) is 0.532. The molecule has 1 saturated heterocycles. The van der Waals surface area contributed by atoms with Crippen LogP contribution in [-0.2, 0) is 22.6 Å². The third-order valence-corrected chi connectivity index (χ3v) is 6.42. The molecule has 0 saturated carbocycles. The van der Waals surface area contributed by atoms with Gasteiger partial charge in [-0.25, -0.2) is 23.1 Å². The van der Waals surface area contributed by atoms with Crippen molar-refractivity contribution in [1.82, 2.24) is 19.9 Å². The summed E-state index contributed by atoms with van der Waals surface area (Å²) in [4.78, 5) is 35.9. The van der Waals surface area contributed by atoms with Crippen LogP contribution in [0.2, 0.25) is 0 Å². The number of hydrogen-bond donors (Lipinski definition) is 1. The summed E-state index contributed by atoms with van der Waals surface area (Å²) >= 11 is 1.01. The highest BCUT2D eigenvalue weighted by Crippen LogP contribution is 2.32. The number of carbonyl (C=O) groups is 1. The molecule has 1 N–H and O–H groups in total. The van der Waals surface area contributed by atoms with Gasteiger partial charge in [0.2, 0.25) is 5.91 Å². The van der Waals surface area contributed by atoms with Crippen molar-refractivity contribution in [3.63, 3.8) is 0 Å². The molecule has 12 heteroatoms. The fourth-order valence-electron chi connectivity index (χ4n) is 3.78. The first-order chi connectivity index (χ1) is 15.9. The molecule has 176 valence electrons. The van der Waals surface area contributed by atoms with Crippen LogP contribution in [0.25, 0.3) is 10.3 Å². The van der Waals surface area contributed by atoms with Crippen LogP contribution in [0.4, 0.5) is 18.3 Å². The Labute approximate surface area is 191 Å². The van der Waals surface area contributed by atoms with Crippen molar-refractivity contribution in [2.75, 3.05) is 25.2 Å². The number of alkyl halides is 2. The van der Waals surface area contributed by atoms with Crippen molar-refractivity contribution in [2.45, 2.75) is 38.4 Å². The molecule has 1 amide bonds. The van der Waals surface area contributed by atoms with Gasteiger partial charge in [-0.3, -0.25) is 14.2 Å². The maximum atomic E-state index is 13.5. The lowest BCUT2D eigenvalue weighted by Gasteiger charge is -2.23. The number of benzene rings is 1. The molecule has 1 aliphatic heterocycles. The number of thiazole rings is 1. The fraction of sp³-hybridized carbons (Fsp3) is 0.429. The van der Waals surface area contributed by atoms with Crippen LogP contribution in [0.5, 0.6) is 0 Å². The lowest BCUT2D eigenvalue weighted by molar-refractivity contribution is -0.122. The first-order valence-electron chi connectivity index (χ1n) is 10.4. The highest BCUT2D eigenvalue weighted by Gasteiger charge is 2.33. The van der Waals surface area contributed by atoms with E-state index in [0.717, 1.165) is 27.9 Å². The molecule has 1 aliphatic rings. The number of rotatable bonds is 8. The largest absolute Gasteiger partial charge is 0.383 e. The molecule has 1 atom stereocenters. The summed E-state index contributed by atoms with van der Waals surface area (Å²) in [7, 11) is 1.41. The van der Waals surface area contributed by atoms with E-state index in [0.29, 0.717) is 18.1 Å². The molecule has 0 bridgehead atoms. The van der Waals surface area contributed by atoms with Gasteiger partial charge < -0.3 is 15.0 Å². The van der Waals surface area contributed by atoms with Crippen LogP contribution in [0.3, 0.4) is 0 Å². The molecule has 3 aromatic rings. The minimum absolute atomic E-state index is 0.00660. The van der Waals surface area contributed by atoms with Crippen LogP contribution >= 0.6 is 11.3 Å². The number of aromatic nitrogens is 3. The van der Waals surface area contributed by atoms with E-state index in [1.54, 1.807) is 17.0 Å². The summed E-state index contributed by atoms with van der Waals surface area (Å²) in [5.41, 5.74) is 0.0915. The van der Waals surface area contributed by atoms with E-state index in [2.05, 4.69) is 15.3 Å². The van der Waals surface area contributed by atoms with Gasteiger partial charge in [0.25, 0.3) is 12.0 Å². The van der Waals surface area contributed by atoms with E-state index >= 15 is 0 Å². The zero-order valence-corrected chi connectivity index (χ0v) is 18.6. The summed E-state index contributed by atoms with van der Waals surface area (Å²) in [5, 5.41) is 3.23. The topological polar surface area (TPSA) is 89.3 Å². The zero-order chi connectivity index (χ0) is 23.5. The van der Waals surface area contributed by atoms with Gasteiger partial charge in [-0.2, -0.15) is 0 Å². The maximum absolute atomic E-state index is 13.5. The molecule has 1 aromatic carbocycles. The Balaban J connectivity index is 1.58. The molecule has 33 heavy (non-hydrogen) atoms. The molecule has 4 rings (SSSR count). The Bertz CT molecular complexity index is 1200. The number of nitrogens with one attached hydrogen (secondary N) is 1. The number of fused-ring (bicyclic) bond motifs is 1. The summed E-state index contributed by atoms with van der Waals surface area (Å²) in [5.74, 6) is -1.21. The van der Waals surface area contributed by atoms with E-state index in [1.807, 2.05) is 0 Å². The standard InChI is InChI=1S/C21H22F3N5O3S/c1-32-10-9-29-17(16(23)24)27-19-15(20(29)31)26-21(33-19)28-8-2-3-14(28)18(30)25-11-12-4-6-13(22)7-5-12/h4-7,14,16H,2-3,8-11H2,1H3,(H,25,30)/t14-/m1/s1. The predicted octanol–water partition coefficient (Wildman–Crippen LogP) is 2.86. The van der Waals surface area contributed by atoms with Crippen LogP contribution in [-0.4, -0.2) is 46.7 Å². The summed E-state index contributed by atoms with van der Waals surface area (Å²) in [6, 6.07) is 5.32. The third kappa shape index (κ3) is 4.86. The molecular formula is C21H22F3N5O3S. The van der Waals surface area contributed by atoms with E-state index in [4.69, 9.17) is 4.74 Å².